The summed E-state index contributed by atoms with van der Waals surface area (Å²) in [5, 5.41) is 0. The molecular formula is C16H24N2O. The minimum absolute atomic E-state index is 0.119. The number of hydrogen-bond donors (Lipinski definition) is 1. The van der Waals surface area contributed by atoms with E-state index in [1.165, 1.54) is 5.56 Å². The minimum atomic E-state index is -0.269. The number of rotatable bonds is 4. The molecule has 2 N–H and O–H groups in total. The standard InChI is InChI=1S/C16H24N2O/c1-3-13-6-8-14(9-7-13)18(2)15(19)12-16(17)10-4-5-11-16/h6-9H,3-5,10-12,17H2,1-2H3. The number of carbonyl (C=O) groups excluding carboxylic acids is 1. The van der Waals surface area contributed by atoms with Crippen LogP contribution in [0.15, 0.2) is 24.3 Å². The van der Waals surface area contributed by atoms with Gasteiger partial charge < -0.3 is 10.6 Å². The summed E-state index contributed by atoms with van der Waals surface area (Å²) in [5.41, 5.74) is 8.24. The van der Waals surface area contributed by atoms with Gasteiger partial charge in [-0.05, 0) is 37.0 Å². The second-order valence-electron chi connectivity index (χ2n) is 5.72. The molecule has 1 aromatic carbocycles. The van der Waals surface area contributed by atoms with Gasteiger partial charge in [-0.15, -0.1) is 0 Å². The summed E-state index contributed by atoms with van der Waals surface area (Å²) in [5.74, 6) is 0.119. The van der Waals surface area contributed by atoms with Crippen LogP contribution < -0.4 is 10.6 Å². The van der Waals surface area contributed by atoms with Crippen LogP contribution >= 0.6 is 0 Å². The summed E-state index contributed by atoms with van der Waals surface area (Å²) in [6.45, 7) is 2.13. The highest BCUT2D eigenvalue weighted by Crippen LogP contribution is 2.31. The molecule has 0 atom stereocenters. The number of aryl methyl sites for hydroxylation is 1. The van der Waals surface area contributed by atoms with Gasteiger partial charge in [-0.3, -0.25) is 4.79 Å². The lowest BCUT2D eigenvalue weighted by atomic mass is 9.94. The number of anilines is 1. The van der Waals surface area contributed by atoms with Gasteiger partial charge in [0, 0.05) is 24.7 Å². The van der Waals surface area contributed by atoms with Crippen LogP contribution in [0.3, 0.4) is 0 Å². The first kappa shape index (κ1) is 14.1. The fraction of sp³-hybridized carbons (Fsp3) is 0.562. The molecule has 3 heteroatoms. The van der Waals surface area contributed by atoms with Crippen LogP contribution in [0.25, 0.3) is 0 Å². The quantitative estimate of drug-likeness (QED) is 0.904. The monoisotopic (exact) mass is 260 g/mol. The van der Waals surface area contributed by atoms with Gasteiger partial charge in [0.05, 0.1) is 0 Å². The molecule has 19 heavy (non-hydrogen) atoms. The Labute approximate surface area is 115 Å². The SMILES string of the molecule is CCc1ccc(N(C)C(=O)CC2(N)CCCC2)cc1. The molecule has 0 aromatic heterocycles. The number of nitrogens with zero attached hydrogens (tertiary/aromatic N) is 1. The minimum Gasteiger partial charge on any atom is -0.325 e. The summed E-state index contributed by atoms with van der Waals surface area (Å²) in [6.07, 6.45) is 5.73. The van der Waals surface area contributed by atoms with Crippen molar-refractivity contribution in [1.82, 2.24) is 0 Å². The molecule has 1 fully saturated rings. The van der Waals surface area contributed by atoms with Crippen molar-refractivity contribution in [2.75, 3.05) is 11.9 Å². The average Bonchev–Trinajstić information content (AvgIpc) is 2.84. The van der Waals surface area contributed by atoms with Crippen LogP contribution in [0.4, 0.5) is 5.69 Å². The molecule has 3 nitrogen and oxygen atoms in total. The molecule has 1 saturated carbocycles. The van der Waals surface area contributed by atoms with Crippen molar-refractivity contribution in [1.29, 1.82) is 0 Å². The first-order chi connectivity index (χ1) is 9.04. The number of nitrogens with two attached hydrogens (primary N) is 1. The van der Waals surface area contributed by atoms with Gasteiger partial charge in [-0.25, -0.2) is 0 Å². The Kier molecular flexibility index (Phi) is 4.25. The van der Waals surface area contributed by atoms with Gasteiger partial charge in [0.2, 0.25) is 5.91 Å². The van der Waals surface area contributed by atoms with Gasteiger partial charge in [0.15, 0.2) is 0 Å². The number of benzene rings is 1. The largest absolute Gasteiger partial charge is 0.325 e. The number of amides is 1. The molecule has 0 spiro atoms. The Morgan fingerprint density at radius 3 is 2.37 bits per heavy atom. The summed E-state index contributed by atoms with van der Waals surface area (Å²) < 4.78 is 0. The summed E-state index contributed by atoms with van der Waals surface area (Å²) in [6, 6.07) is 8.17. The van der Waals surface area contributed by atoms with Crippen LogP contribution in [0, 0.1) is 0 Å². The van der Waals surface area contributed by atoms with Crippen molar-refractivity contribution in [2.24, 2.45) is 5.73 Å². The second-order valence-corrected chi connectivity index (χ2v) is 5.72. The highest BCUT2D eigenvalue weighted by Gasteiger charge is 2.32. The zero-order valence-electron chi connectivity index (χ0n) is 12.0. The lowest BCUT2D eigenvalue weighted by Crippen LogP contribution is -2.42. The molecule has 0 radical (unpaired) electrons. The van der Waals surface area contributed by atoms with Crippen molar-refractivity contribution in [3.63, 3.8) is 0 Å². The fourth-order valence-corrected chi connectivity index (χ4v) is 2.77. The van der Waals surface area contributed by atoms with Crippen LogP contribution in [-0.4, -0.2) is 18.5 Å². The van der Waals surface area contributed by atoms with E-state index < -0.39 is 0 Å². The smallest absolute Gasteiger partial charge is 0.228 e. The third-order valence-corrected chi connectivity index (χ3v) is 4.21. The summed E-state index contributed by atoms with van der Waals surface area (Å²) in [4.78, 5) is 14.0. The molecule has 1 aliphatic rings. The molecule has 0 heterocycles. The number of carbonyl (C=O) groups is 1. The molecule has 1 aliphatic carbocycles. The zero-order valence-corrected chi connectivity index (χ0v) is 12.0. The maximum Gasteiger partial charge on any atom is 0.228 e. The van der Waals surface area contributed by atoms with E-state index in [2.05, 4.69) is 19.1 Å². The van der Waals surface area contributed by atoms with Gasteiger partial charge >= 0.3 is 0 Å². The van der Waals surface area contributed by atoms with Gasteiger partial charge in [-0.1, -0.05) is 31.9 Å². The Balaban J connectivity index is 2.01. The van der Waals surface area contributed by atoms with Gasteiger partial charge in [0.1, 0.15) is 0 Å². The van der Waals surface area contributed by atoms with Crippen LogP contribution in [0.5, 0.6) is 0 Å². The van der Waals surface area contributed by atoms with Crippen LogP contribution in [0.1, 0.15) is 44.6 Å². The summed E-state index contributed by atoms with van der Waals surface area (Å²) >= 11 is 0. The molecule has 1 aromatic rings. The Morgan fingerprint density at radius 1 is 1.26 bits per heavy atom. The molecule has 0 saturated heterocycles. The van der Waals surface area contributed by atoms with E-state index in [-0.39, 0.29) is 11.4 Å². The first-order valence-electron chi connectivity index (χ1n) is 7.18. The van der Waals surface area contributed by atoms with Crippen LogP contribution in [-0.2, 0) is 11.2 Å². The zero-order chi connectivity index (χ0) is 13.9. The molecule has 1 amide bonds. The van der Waals surface area contributed by atoms with E-state index in [0.717, 1.165) is 37.8 Å². The average molecular weight is 260 g/mol. The topological polar surface area (TPSA) is 46.3 Å². The summed E-state index contributed by atoms with van der Waals surface area (Å²) in [7, 11) is 1.83. The second kappa shape index (κ2) is 5.74. The van der Waals surface area contributed by atoms with Crippen molar-refractivity contribution in [2.45, 2.75) is 51.0 Å². The van der Waals surface area contributed by atoms with Crippen molar-refractivity contribution in [3.8, 4) is 0 Å². The molecular weight excluding hydrogens is 236 g/mol. The Bertz CT molecular complexity index is 433. The maximum absolute atomic E-state index is 12.3. The van der Waals surface area contributed by atoms with Crippen molar-refractivity contribution in [3.05, 3.63) is 29.8 Å². The third kappa shape index (κ3) is 3.35. The van der Waals surface area contributed by atoms with E-state index in [0.29, 0.717) is 6.42 Å². The fourth-order valence-electron chi connectivity index (χ4n) is 2.77. The molecule has 0 aliphatic heterocycles. The molecule has 104 valence electrons. The van der Waals surface area contributed by atoms with E-state index in [1.54, 1.807) is 4.90 Å². The lowest BCUT2D eigenvalue weighted by molar-refractivity contribution is -0.119. The van der Waals surface area contributed by atoms with Crippen molar-refractivity contribution < 1.29 is 4.79 Å². The Morgan fingerprint density at radius 2 is 1.84 bits per heavy atom. The highest BCUT2D eigenvalue weighted by molar-refractivity contribution is 5.93. The van der Waals surface area contributed by atoms with Crippen molar-refractivity contribution >= 4 is 11.6 Å². The lowest BCUT2D eigenvalue weighted by Gasteiger charge is -2.26. The molecule has 0 bridgehead atoms. The normalized spacial score (nSPS) is 17.4. The van der Waals surface area contributed by atoms with E-state index in [4.69, 9.17) is 5.73 Å². The predicted octanol–water partition coefficient (Wildman–Crippen LogP) is 2.87. The van der Waals surface area contributed by atoms with Gasteiger partial charge in [-0.2, -0.15) is 0 Å². The van der Waals surface area contributed by atoms with E-state index in [9.17, 15) is 4.79 Å². The highest BCUT2D eigenvalue weighted by atomic mass is 16.2. The molecule has 2 rings (SSSR count). The van der Waals surface area contributed by atoms with E-state index >= 15 is 0 Å². The Hall–Kier alpha value is -1.35. The van der Waals surface area contributed by atoms with Gasteiger partial charge in [0.25, 0.3) is 0 Å². The van der Waals surface area contributed by atoms with Crippen LogP contribution in [0.2, 0.25) is 0 Å². The predicted molar refractivity (Wildman–Crippen MR) is 79.2 cm³/mol. The van der Waals surface area contributed by atoms with E-state index in [1.807, 2.05) is 19.2 Å². The number of hydrogen-bond acceptors (Lipinski definition) is 2. The molecule has 0 unspecified atom stereocenters. The first-order valence-corrected chi connectivity index (χ1v) is 7.18. The third-order valence-electron chi connectivity index (χ3n) is 4.21. The maximum atomic E-state index is 12.3.